The molecule has 0 spiro atoms. The van der Waals surface area contributed by atoms with Crippen molar-refractivity contribution in [1.82, 2.24) is 29.8 Å². The van der Waals surface area contributed by atoms with Gasteiger partial charge in [0.1, 0.15) is 11.4 Å². The van der Waals surface area contributed by atoms with E-state index in [0.29, 0.717) is 17.1 Å². The van der Waals surface area contributed by atoms with Crippen LogP contribution in [-0.4, -0.2) is 29.8 Å². The molecular weight excluding hydrogens is 414 g/mol. The molecule has 30 heavy (non-hydrogen) atoms. The first-order valence-electron chi connectivity index (χ1n) is 8.32. The second-order valence-corrected chi connectivity index (χ2v) is 6.10. The lowest BCUT2D eigenvalue weighted by Crippen LogP contribution is -2.13. The van der Waals surface area contributed by atoms with Crippen LogP contribution in [0.15, 0.2) is 60.9 Å². The number of aromatic nitrogens is 6. The summed E-state index contributed by atoms with van der Waals surface area (Å²) in [6.45, 7) is 0. The second-order valence-electron chi connectivity index (χ2n) is 6.10. The number of pyridine rings is 1. The number of hydrogen-bond acceptors (Lipinski definition) is 4. The highest BCUT2D eigenvalue weighted by Gasteiger charge is 2.42. The van der Waals surface area contributed by atoms with E-state index in [1.807, 2.05) is 0 Å². The highest BCUT2D eigenvalue weighted by atomic mass is 19.4. The average molecular weight is 424 g/mol. The van der Waals surface area contributed by atoms with Crippen LogP contribution in [0.3, 0.4) is 0 Å². The van der Waals surface area contributed by atoms with E-state index in [-0.39, 0.29) is 16.4 Å². The van der Waals surface area contributed by atoms with Crippen LogP contribution >= 0.6 is 0 Å². The number of benzene rings is 1. The fourth-order valence-electron chi connectivity index (χ4n) is 2.69. The Morgan fingerprint density at radius 3 is 2.07 bits per heavy atom. The minimum absolute atomic E-state index is 0.0233. The van der Waals surface area contributed by atoms with Gasteiger partial charge in [-0.25, -0.2) is 9.36 Å². The molecule has 0 aliphatic heterocycles. The Hall–Kier alpha value is -3.70. The van der Waals surface area contributed by atoms with Gasteiger partial charge in [-0.15, -0.1) is 5.10 Å². The summed E-state index contributed by atoms with van der Waals surface area (Å²) in [6, 6.07) is 10.4. The van der Waals surface area contributed by atoms with Gasteiger partial charge in [0.15, 0.2) is 5.69 Å². The molecule has 0 saturated carbocycles. The molecule has 0 aliphatic rings. The summed E-state index contributed by atoms with van der Waals surface area (Å²) in [5.74, 6) is 0. The maximum Gasteiger partial charge on any atom is 0.435 e. The van der Waals surface area contributed by atoms with E-state index in [1.165, 1.54) is 28.9 Å². The third-order valence-electron chi connectivity index (χ3n) is 4.07. The van der Waals surface area contributed by atoms with Crippen LogP contribution in [-0.2, 0) is 12.4 Å². The lowest BCUT2D eigenvalue weighted by molar-refractivity contribution is -0.143. The van der Waals surface area contributed by atoms with Crippen LogP contribution in [0.25, 0.3) is 22.8 Å². The third kappa shape index (κ3) is 3.75. The third-order valence-corrected chi connectivity index (χ3v) is 4.07. The Balaban J connectivity index is 1.68. The van der Waals surface area contributed by atoms with Gasteiger partial charge >= 0.3 is 12.4 Å². The molecule has 4 rings (SSSR count). The quantitative estimate of drug-likeness (QED) is 0.453. The van der Waals surface area contributed by atoms with Crippen LogP contribution in [0.5, 0.6) is 0 Å². The number of rotatable bonds is 3. The molecule has 0 bridgehead atoms. The number of hydrogen-bond donors (Lipinski definition) is 0. The van der Waals surface area contributed by atoms with Crippen LogP contribution in [0.1, 0.15) is 11.4 Å². The van der Waals surface area contributed by atoms with Crippen LogP contribution in [0, 0.1) is 0 Å². The van der Waals surface area contributed by atoms with Gasteiger partial charge in [0.2, 0.25) is 0 Å². The van der Waals surface area contributed by atoms with Crippen molar-refractivity contribution in [2.45, 2.75) is 12.4 Å². The predicted molar refractivity (Wildman–Crippen MR) is 91.7 cm³/mol. The molecule has 0 saturated heterocycles. The smallest absolute Gasteiger partial charge is 0.254 e. The molecule has 0 N–H and O–H groups in total. The molecule has 0 aliphatic carbocycles. The monoisotopic (exact) mass is 424 g/mol. The molecule has 3 aromatic heterocycles. The molecule has 0 atom stereocenters. The Bertz CT molecular complexity index is 1160. The van der Waals surface area contributed by atoms with E-state index in [0.717, 1.165) is 0 Å². The van der Waals surface area contributed by atoms with Crippen molar-refractivity contribution in [2.24, 2.45) is 0 Å². The van der Waals surface area contributed by atoms with Crippen LogP contribution in [0.4, 0.5) is 26.3 Å². The van der Waals surface area contributed by atoms with Crippen LogP contribution in [0.2, 0.25) is 0 Å². The number of halogens is 6. The van der Waals surface area contributed by atoms with Crippen molar-refractivity contribution in [3.05, 3.63) is 72.3 Å². The van der Waals surface area contributed by atoms with Gasteiger partial charge in [0, 0.05) is 12.3 Å². The Kier molecular flexibility index (Phi) is 4.56. The van der Waals surface area contributed by atoms with Gasteiger partial charge in [-0.1, -0.05) is 11.3 Å². The van der Waals surface area contributed by atoms with Gasteiger partial charge < -0.3 is 0 Å². The molecule has 3 heterocycles. The summed E-state index contributed by atoms with van der Waals surface area (Å²) in [6.07, 6.45) is -6.87. The zero-order valence-corrected chi connectivity index (χ0v) is 14.7. The first-order chi connectivity index (χ1) is 14.1. The maximum absolute atomic E-state index is 13.2. The molecule has 154 valence electrons. The molecule has 0 radical (unpaired) electrons. The normalized spacial score (nSPS) is 12.3. The fraction of sp³-hybridized carbons (Fsp3) is 0.111. The van der Waals surface area contributed by atoms with Crippen molar-refractivity contribution in [3.63, 3.8) is 0 Å². The summed E-state index contributed by atoms with van der Waals surface area (Å²) < 4.78 is 79.7. The van der Waals surface area contributed by atoms with E-state index in [2.05, 4.69) is 20.4 Å². The van der Waals surface area contributed by atoms with Gasteiger partial charge in [-0.3, -0.25) is 4.98 Å². The Morgan fingerprint density at radius 2 is 1.47 bits per heavy atom. The van der Waals surface area contributed by atoms with E-state index in [4.69, 9.17) is 0 Å². The Labute approximate surface area is 164 Å². The predicted octanol–water partition coefficient (Wildman–Crippen LogP) is 4.55. The lowest BCUT2D eigenvalue weighted by Gasteiger charge is -2.10. The summed E-state index contributed by atoms with van der Waals surface area (Å²) in [7, 11) is 0. The van der Waals surface area contributed by atoms with Gasteiger partial charge in [-0.2, -0.15) is 31.4 Å². The molecule has 6 nitrogen and oxygen atoms in total. The first-order valence-corrected chi connectivity index (χ1v) is 8.32. The number of alkyl halides is 6. The van der Waals surface area contributed by atoms with Gasteiger partial charge in [0.05, 0.1) is 23.3 Å². The van der Waals surface area contributed by atoms with Crippen molar-refractivity contribution >= 4 is 0 Å². The average Bonchev–Trinajstić information content (AvgIpc) is 3.36. The fourth-order valence-corrected chi connectivity index (χ4v) is 2.69. The highest BCUT2D eigenvalue weighted by Crippen LogP contribution is 2.36. The molecule has 0 unspecified atom stereocenters. The topological polar surface area (TPSA) is 61.4 Å². The van der Waals surface area contributed by atoms with Gasteiger partial charge in [-0.05, 0) is 36.4 Å². The van der Waals surface area contributed by atoms with Crippen molar-refractivity contribution in [2.75, 3.05) is 0 Å². The zero-order valence-electron chi connectivity index (χ0n) is 14.7. The van der Waals surface area contributed by atoms with Crippen molar-refractivity contribution in [1.29, 1.82) is 0 Å². The van der Waals surface area contributed by atoms with E-state index < -0.39 is 23.7 Å². The maximum atomic E-state index is 13.2. The summed E-state index contributed by atoms with van der Waals surface area (Å²) in [5.41, 5.74) is -1.86. The lowest BCUT2D eigenvalue weighted by atomic mass is 10.2. The zero-order chi connectivity index (χ0) is 21.5. The SMILES string of the molecule is FC(F)(F)c1cc(C(F)(F)F)n(-c2ccc(-n3cc(-c4ccccn4)nn3)cc2)n1. The summed E-state index contributed by atoms with van der Waals surface area (Å²) >= 11 is 0. The van der Waals surface area contributed by atoms with Crippen LogP contribution < -0.4 is 0 Å². The molecule has 12 heteroatoms. The van der Waals surface area contributed by atoms with E-state index >= 15 is 0 Å². The standard InChI is InChI=1S/C18H10F6N6/c19-17(20,21)15-9-16(18(22,23)24)30(27-15)12-6-4-11(5-7-12)29-10-14(26-28-29)13-3-1-2-8-25-13/h1-10H. The van der Waals surface area contributed by atoms with E-state index in [1.54, 1.807) is 30.6 Å². The first kappa shape index (κ1) is 19.6. The van der Waals surface area contributed by atoms with E-state index in [9.17, 15) is 26.3 Å². The van der Waals surface area contributed by atoms with Gasteiger partial charge in [0.25, 0.3) is 0 Å². The molecule has 0 amide bonds. The van der Waals surface area contributed by atoms with Crippen molar-refractivity contribution in [3.8, 4) is 22.8 Å². The minimum atomic E-state index is -5.02. The van der Waals surface area contributed by atoms with Crippen molar-refractivity contribution < 1.29 is 26.3 Å². The summed E-state index contributed by atoms with van der Waals surface area (Å²) in [5, 5.41) is 11.0. The minimum Gasteiger partial charge on any atom is -0.254 e. The largest absolute Gasteiger partial charge is 0.435 e. The number of nitrogens with zero attached hydrogens (tertiary/aromatic N) is 6. The highest BCUT2D eigenvalue weighted by molar-refractivity contribution is 5.53. The molecular formula is C18H10F6N6. The molecule has 4 aromatic rings. The molecule has 0 fully saturated rings. The molecule has 1 aromatic carbocycles. The summed E-state index contributed by atoms with van der Waals surface area (Å²) in [4.78, 5) is 4.14. The Morgan fingerprint density at radius 1 is 0.767 bits per heavy atom. The second kappa shape index (κ2) is 6.97.